The maximum absolute atomic E-state index is 13.1. The number of hydrogen-bond donors (Lipinski definition) is 5. The van der Waals surface area contributed by atoms with Crippen LogP contribution < -0.4 is 25.8 Å². The number of sulfonamides is 2. The third kappa shape index (κ3) is 13.8. The highest BCUT2D eigenvalue weighted by atomic mass is 35.5. The van der Waals surface area contributed by atoms with E-state index in [0.29, 0.717) is 51.4 Å². The van der Waals surface area contributed by atoms with Gasteiger partial charge in [-0.05, 0) is 125 Å². The second kappa shape index (κ2) is 22.2. The number of halogens is 3. The molecule has 2 aliphatic carbocycles. The van der Waals surface area contributed by atoms with Crippen molar-refractivity contribution in [1.82, 2.24) is 20.1 Å². The minimum atomic E-state index is -3.97. The molecule has 2 saturated carbocycles. The van der Waals surface area contributed by atoms with E-state index in [1.807, 2.05) is 13.8 Å². The molecule has 0 saturated heterocycles. The van der Waals surface area contributed by atoms with E-state index in [0.717, 1.165) is 23.3 Å². The number of benzene rings is 4. The molecule has 2 amide bonds. The Bertz CT molecular complexity index is 2580. The standard InChI is InChI=1S/C22H27FN4O5S.C21H23ClFN3O5S/c1-14(15-2-7-18(23)8-3-15)25-22(28)16-4-9-19(10-5-16)26-33(31,32)20-11-6-17(13-24)21(12-20)27(29)30;1-13(14-2-6-16(23)7-3-14)24-21(27)15-4-8-17(9-5-15)25-32(30,31)18-10-11-19(22)20(12-18)26(28)29/h2-3,6-8,11-12,14,16,19,26H,4-5,9-10,13,24H2,1H3,(H,25,28);2-3,6-7,10-13,15,17,25H,4-5,8-9H2,1H3,(H,24,27)/t14-,16?,19?;13-,15?,17?/m11/s1. The molecule has 4 aromatic rings. The molecule has 0 aromatic heterocycles. The van der Waals surface area contributed by atoms with Gasteiger partial charge in [0, 0.05) is 48.2 Å². The van der Waals surface area contributed by atoms with Crippen molar-refractivity contribution in [2.45, 2.75) is 106 Å². The first-order valence-corrected chi connectivity index (χ1v) is 24.1. The van der Waals surface area contributed by atoms with Crippen molar-refractivity contribution < 1.29 is 45.1 Å². The molecule has 22 heteroatoms. The maximum atomic E-state index is 13.1. The van der Waals surface area contributed by atoms with Gasteiger partial charge in [0.1, 0.15) is 16.7 Å². The molecule has 2 aliphatic rings. The molecule has 0 heterocycles. The van der Waals surface area contributed by atoms with Gasteiger partial charge in [-0.1, -0.05) is 35.9 Å². The molecule has 2 atom stereocenters. The predicted molar refractivity (Wildman–Crippen MR) is 237 cm³/mol. The fraction of sp³-hybridized carbons (Fsp3) is 0.395. The van der Waals surface area contributed by atoms with Gasteiger partial charge in [0.05, 0.1) is 31.7 Å². The van der Waals surface area contributed by atoms with E-state index < -0.39 is 35.6 Å². The van der Waals surface area contributed by atoms with Crippen LogP contribution in [0.1, 0.15) is 94.0 Å². The lowest BCUT2D eigenvalue weighted by atomic mass is 9.85. The van der Waals surface area contributed by atoms with E-state index in [1.54, 1.807) is 24.3 Å². The van der Waals surface area contributed by atoms with Crippen LogP contribution in [0.4, 0.5) is 20.2 Å². The summed E-state index contributed by atoms with van der Waals surface area (Å²) in [5.41, 5.74) is 6.50. The average molecular weight is 962 g/mol. The first kappa shape index (κ1) is 50.5. The van der Waals surface area contributed by atoms with E-state index in [2.05, 4.69) is 20.1 Å². The van der Waals surface area contributed by atoms with E-state index in [1.165, 1.54) is 48.5 Å². The normalized spacial score (nSPS) is 19.7. The Morgan fingerprint density at radius 3 is 1.38 bits per heavy atom. The molecule has 0 aliphatic heterocycles. The summed E-state index contributed by atoms with van der Waals surface area (Å²) in [5, 5.41) is 27.9. The molecule has 0 radical (unpaired) electrons. The summed E-state index contributed by atoms with van der Waals surface area (Å²) in [6.45, 7) is 3.56. The summed E-state index contributed by atoms with van der Waals surface area (Å²) >= 11 is 5.75. The molecule has 0 unspecified atom stereocenters. The van der Waals surface area contributed by atoms with Crippen molar-refractivity contribution in [2.24, 2.45) is 17.6 Å². The second-order valence-electron chi connectivity index (χ2n) is 16.0. The first-order chi connectivity index (χ1) is 30.7. The highest BCUT2D eigenvalue weighted by Crippen LogP contribution is 2.31. The van der Waals surface area contributed by atoms with Crippen molar-refractivity contribution in [3.8, 4) is 0 Å². The van der Waals surface area contributed by atoms with Gasteiger partial charge in [-0.25, -0.2) is 35.1 Å². The van der Waals surface area contributed by atoms with Crippen molar-refractivity contribution in [3.05, 3.63) is 139 Å². The zero-order valence-electron chi connectivity index (χ0n) is 35.4. The second-order valence-corrected chi connectivity index (χ2v) is 19.9. The van der Waals surface area contributed by atoms with Crippen LogP contribution >= 0.6 is 11.6 Å². The molecule has 0 spiro atoms. The highest BCUT2D eigenvalue weighted by Gasteiger charge is 2.32. The zero-order valence-corrected chi connectivity index (χ0v) is 37.8. The Labute approximate surface area is 380 Å². The number of nitrogens with one attached hydrogen (secondary N) is 4. The third-order valence-corrected chi connectivity index (χ3v) is 14.9. The number of nitro groups is 2. The smallest absolute Gasteiger partial charge is 0.289 e. The molecule has 6 N–H and O–H groups in total. The number of carbonyl (C=O) groups is 2. The lowest BCUT2D eigenvalue weighted by Gasteiger charge is -2.29. The Balaban J connectivity index is 0.000000244. The molecular weight excluding hydrogens is 912 g/mol. The molecule has 6 rings (SSSR count). The van der Waals surface area contributed by atoms with Gasteiger partial charge < -0.3 is 16.4 Å². The fourth-order valence-corrected chi connectivity index (χ4v) is 10.5. The fourth-order valence-electron chi connectivity index (χ4n) is 7.71. The highest BCUT2D eigenvalue weighted by molar-refractivity contribution is 7.89. The summed E-state index contributed by atoms with van der Waals surface area (Å²) in [6, 6.07) is 17.5. The van der Waals surface area contributed by atoms with Crippen LogP contribution in [0.2, 0.25) is 5.02 Å². The molecule has 65 heavy (non-hydrogen) atoms. The number of amides is 2. The minimum absolute atomic E-state index is 0.0735. The van der Waals surface area contributed by atoms with Crippen LogP contribution in [-0.2, 0) is 36.2 Å². The van der Waals surface area contributed by atoms with Crippen LogP contribution in [0.3, 0.4) is 0 Å². The largest absolute Gasteiger partial charge is 0.349 e. The monoisotopic (exact) mass is 961 g/mol. The summed E-state index contributed by atoms with van der Waals surface area (Å²) in [4.78, 5) is 45.6. The van der Waals surface area contributed by atoms with E-state index in [-0.39, 0.29) is 92.1 Å². The van der Waals surface area contributed by atoms with Gasteiger partial charge in [-0.15, -0.1) is 0 Å². The van der Waals surface area contributed by atoms with E-state index >= 15 is 0 Å². The Kier molecular flexibility index (Phi) is 17.2. The van der Waals surface area contributed by atoms with Crippen LogP contribution in [0, 0.1) is 43.7 Å². The molecule has 2 fully saturated rings. The average Bonchev–Trinajstić information content (AvgIpc) is 3.26. The lowest BCUT2D eigenvalue weighted by Crippen LogP contribution is -2.41. The number of nitrogens with two attached hydrogens (primary N) is 1. The molecular formula is C43H50ClF2N7O10S2. The number of nitro benzene ring substituents is 2. The van der Waals surface area contributed by atoms with Gasteiger partial charge >= 0.3 is 0 Å². The van der Waals surface area contributed by atoms with Gasteiger partial charge in [0.15, 0.2) is 0 Å². The van der Waals surface area contributed by atoms with Crippen LogP contribution in [0.15, 0.2) is 94.7 Å². The molecule has 17 nitrogen and oxygen atoms in total. The van der Waals surface area contributed by atoms with Crippen molar-refractivity contribution in [3.63, 3.8) is 0 Å². The first-order valence-electron chi connectivity index (χ1n) is 20.7. The number of nitrogens with zero attached hydrogens (tertiary/aromatic N) is 2. The van der Waals surface area contributed by atoms with Crippen LogP contribution in [0.25, 0.3) is 0 Å². The predicted octanol–water partition coefficient (Wildman–Crippen LogP) is 7.01. The van der Waals surface area contributed by atoms with Crippen LogP contribution in [-0.4, -0.2) is 50.6 Å². The molecule has 350 valence electrons. The van der Waals surface area contributed by atoms with Crippen molar-refractivity contribution in [2.75, 3.05) is 0 Å². The summed E-state index contributed by atoms with van der Waals surface area (Å²) < 4.78 is 82.1. The van der Waals surface area contributed by atoms with Gasteiger partial charge in [0.2, 0.25) is 31.9 Å². The summed E-state index contributed by atoms with van der Waals surface area (Å²) in [6.07, 6.45) is 3.83. The SMILES string of the molecule is C[C@@H](NC(=O)C1CCC(NS(=O)(=O)c2ccc(CN)c([N+](=O)[O-])c2)CC1)c1ccc(F)cc1.C[C@@H](NC(=O)C1CCC(NS(=O)(=O)c2ccc(Cl)c([N+](=O)[O-])c2)CC1)c1ccc(F)cc1. The van der Waals surface area contributed by atoms with Crippen molar-refractivity contribution in [1.29, 1.82) is 0 Å². The summed E-state index contributed by atoms with van der Waals surface area (Å²) in [5.74, 6) is -1.45. The number of carbonyl (C=O) groups excluding carboxylic acids is 2. The van der Waals surface area contributed by atoms with E-state index in [9.17, 15) is 55.4 Å². The van der Waals surface area contributed by atoms with Gasteiger partial charge in [0.25, 0.3) is 11.4 Å². The quantitative estimate of drug-likeness (QED) is 0.0598. The van der Waals surface area contributed by atoms with Gasteiger partial charge in [-0.3, -0.25) is 29.8 Å². The number of rotatable bonds is 15. The Morgan fingerprint density at radius 2 is 1.02 bits per heavy atom. The number of hydrogen-bond acceptors (Lipinski definition) is 11. The minimum Gasteiger partial charge on any atom is -0.349 e. The van der Waals surface area contributed by atoms with Crippen LogP contribution in [0.5, 0.6) is 0 Å². The lowest BCUT2D eigenvalue weighted by molar-refractivity contribution is -0.385. The topological polar surface area (TPSA) is 263 Å². The Hall–Kier alpha value is -5.45. The van der Waals surface area contributed by atoms with E-state index in [4.69, 9.17) is 17.3 Å². The third-order valence-electron chi connectivity index (χ3n) is 11.5. The molecule has 0 bridgehead atoms. The van der Waals surface area contributed by atoms with Gasteiger partial charge in [-0.2, -0.15) is 0 Å². The molecule has 4 aromatic carbocycles. The Morgan fingerprint density at radius 1 is 0.646 bits per heavy atom. The van der Waals surface area contributed by atoms with Crippen molar-refractivity contribution >= 4 is 54.8 Å². The zero-order chi connectivity index (χ0) is 47.6. The maximum Gasteiger partial charge on any atom is 0.289 e. The summed E-state index contributed by atoms with van der Waals surface area (Å²) in [7, 11) is -7.94.